The zero-order valence-corrected chi connectivity index (χ0v) is 55.6. The van der Waals surface area contributed by atoms with Gasteiger partial charge in [-0.15, -0.1) is 0 Å². The molecule has 11 rings (SSSR count). The second-order valence-electron chi connectivity index (χ2n) is 22.2. The number of rotatable bonds is 6. The van der Waals surface area contributed by atoms with Crippen LogP contribution in [0.3, 0.4) is 0 Å². The van der Waals surface area contributed by atoms with Crippen LogP contribution in [0.4, 0.5) is 0 Å². The summed E-state index contributed by atoms with van der Waals surface area (Å²) in [5.41, 5.74) is 6.16. The number of aliphatic imine (C=N–C) groups is 2. The monoisotopic (exact) mass is 1330 g/mol. The maximum atomic E-state index is 11.1. The summed E-state index contributed by atoms with van der Waals surface area (Å²) in [5.74, 6) is 0. The molecule has 0 unspecified atom stereocenters. The number of isothiocyanates is 1. The Kier molecular flexibility index (Phi) is 33.3. The third kappa shape index (κ3) is 23.0. The predicted molar refractivity (Wildman–Crippen MR) is 363 cm³/mol. The second-order valence-corrected chi connectivity index (χ2v) is 25.7. The number of halogens is 1. The number of alkyl halides is 1. The average Bonchev–Trinajstić information content (AvgIpc) is 4.34. The third-order valence-corrected chi connectivity index (χ3v) is 19.0. The van der Waals surface area contributed by atoms with Gasteiger partial charge in [0.25, 0.3) is 10.1 Å². The summed E-state index contributed by atoms with van der Waals surface area (Å²) in [5, 5.41) is 42.5. The van der Waals surface area contributed by atoms with E-state index in [4.69, 9.17) is 24.4 Å². The number of nitrogens with one attached hydrogen (secondary N) is 3. The fourth-order valence-electron chi connectivity index (χ4n) is 11.6. The fourth-order valence-corrected chi connectivity index (χ4v) is 13.5. The molecule has 0 radical (unpaired) electrons. The van der Waals surface area contributed by atoms with Crippen molar-refractivity contribution in [3.63, 3.8) is 0 Å². The maximum absolute atomic E-state index is 11.1. The van der Waals surface area contributed by atoms with E-state index in [0.29, 0.717) is 27.1 Å². The molecule has 5 fully saturated rings. The molecule has 17 nitrogen and oxygen atoms in total. The van der Waals surface area contributed by atoms with Gasteiger partial charge in [0, 0.05) is 84.7 Å². The highest BCUT2D eigenvalue weighted by Gasteiger charge is 2.41. The highest BCUT2D eigenvalue weighted by molar-refractivity contribution is 14.1. The molecule has 456 valence electrons. The molecular weight excluding hydrogens is 1230 g/mol. The first-order valence-corrected chi connectivity index (χ1v) is 35.1. The minimum atomic E-state index is -3.51. The summed E-state index contributed by atoms with van der Waals surface area (Å²) in [6.45, 7) is 19.5. The predicted octanol–water partition coefficient (Wildman–Crippen LogP) is 13.3. The van der Waals surface area contributed by atoms with Gasteiger partial charge in [-0.3, -0.25) is 9.18 Å². The van der Waals surface area contributed by atoms with Crippen molar-refractivity contribution in [1.82, 2.24) is 31.1 Å². The van der Waals surface area contributed by atoms with Gasteiger partial charge in [0.15, 0.2) is 15.4 Å². The van der Waals surface area contributed by atoms with E-state index in [1.54, 1.807) is 23.9 Å². The Hall–Kier alpha value is -3.06. The minimum absolute atomic E-state index is 0. The van der Waals surface area contributed by atoms with E-state index >= 15 is 0 Å². The second kappa shape index (κ2) is 37.4. The van der Waals surface area contributed by atoms with Crippen LogP contribution in [-0.4, -0.2) is 153 Å². The van der Waals surface area contributed by atoms with Crippen molar-refractivity contribution in [2.45, 2.75) is 175 Å². The van der Waals surface area contributed by atoms with Gasteiger partial charge in [0.1, 0.15) is 0 Å². The van der Waals surface area contributed by atoms with E-state index in [0.717, 1.165) is 93.5 Å². The lowest BCUT2D eigenvalue weighted by molar-refractivity contribution is 0.344. The van der Waals surface area contributed by atoms with Gasteiger partial charge in [0.05, 0.1) is 49.9 Å². The van der Waals surface area contributed by atoms with Crippen LogP contribution in [0.25, 0.3) is 0 Å². The first kappa shape index (κ1) is 72.2. The fraction of sp³-hybridized carbons (Fsp3) is 0.759. The molecule has 5 heterocycles. The number of thiocarbonyl (C=S) groups is 3. The zero-order chi connectivity index (χ0) is 58.4. The van der Waals surface area contributed by atoms with Gasteiger partial charge in [-0.1, -0.05) is 124 Å². The van der Waals surface area contributed by atoms with Crippen molar-refractivity contribution in [2.75, 3.05) is 83.7 Å². The molecule has 1 aromatic rings. The van der Waals surface area contributed by atoms with Crippen LogP contribution in [0.2, 0.25) is 0 Å². The molecule has 3 N–H and O–H groups in total. The minimum Gasteiger partial charge on any atom is -0.361 e. The Morgan fingerprint density at radius 2 is 1.09 bits per heavy atom. The van der Waals surface area contributed by atoms with Crippen LogP contribution in [0.5, 0.6) is 0 Å². The number of aryl methyl sites for hydroxylation is 1. The summed E-state index contributed by atoms with van der Waals surface area (Å²) in [6, 6.07) is 6.50. The first-order chi connectivity index (χ1) is 38.6. The van der Waals surface area contributed by atoms with Crippen LogP contribution in [-0.2, 0) is 14.3 Å². The molecule has 23 heteroatoms. The number of amidine groups is 1. The van der Waals surface area contributed by atoms with Crippen LogP contribution in [0.1, 0.15) is 169 Å². The Labute approximate surface area is 522 Å². The molecule has 5 aliphatic carbocycles. The standard InChI is InChI=1S/C11H19N3S.2C10H17N3S.C8H10O3S.2C7H12N2.C3H5NS.CH3I.CH4/c1-3-12-10(15-2)14-9-11(8-13-14)6-4-5-7-11;2*1-2-11-9(14)13-8-10(7-12-13)5-3-4-6-10;1-7-3-5-8(6-4-7)12(9,10)11-2;2*1-2-4-7(3-1)5-8-9-6-7;1-2-4-3-5;1-2;/h8H,3-7,9H2,1-2H3;2*7H,2-6,8H2,1H3,(H,11,14);3-6H,1-2H3;1-6H2;5,9H,1-4,6H2;2H2,1H3;1H3;1H4. The number of azo groups is 1. The number of hydrogen-bond donors (Lipinski definition) is 3. The lowest BCUT2D eigenvalue weighted by Gasteiger charge is -2.22. The first-order valence-electron chi connectivity index (χ1n) is 29.1. The Morgan fingerprint density at radius 3 is 1.43 bits per heavy atom. The summed E-state index contributed by atoms with van der Waals surface area (Å²) < 4.78 is 26.5. The van der Waals surface area contributed by atoms with Crippen molar-refractivity contribution in [2.24, 2.45) is 67.7 Å². The summed E-state index contributed by atoms with van der Waals surface area (Å²) >= 11 is 18.5. The van der Waals surface area contributed by atoms with E-state index in [1.165, 1.54) is 141 Å². The Balaban J connectivity index is 0.000000250. The quantitative estimate of drug-likeness (QED) is 0.0610. The molecule has 5 saturated carbocycles. The molecule has 0 aromatic heterocycles. The third-order valence-electron chi connectivity index (χ3n) is 16.2. The molecule has 0 atom stereocenters. The van der Waals surface area contributed by atoms with E-state index < -0.39 is 10.1 Å². The maximum Gasteiger partial charge on any atom is 0.296 e. The van der Waals surface area contributed by atoms with Gasteiger partial charge < -0.3 is 16.1 Å². The summed E-state index contributed by atoms with van der Waals surface area (Å²) in [7, 11) is -2.37. The highest BCUT2D eigenvalue weighted by Crippen LogP contribution is 2.43. The number of benzene rings is 1. The summed E-state index contributed by atoms with van der Waals surface area (Å²) in [6.07, 6.45) is 37.5. The SMILES string of the molecule is C.C1=NNCC12CCCC2.C1CCC2(C1)CN=NC2.CCN=C(SC)N1CC2(C=N1)CCCC2.CCN=C=S.CCNC(=S)N1CC2(C=N1)CCCC2.CCNC(=S)N1CC2(C=N1)CCCC2.CI.COS(=O)(=O)c1ccc(C)cc1. The lowest BCUT2D eigenvalue weighted by Crippen LogP contribution is -2.38. The van der Waals surface area contributed by atoms with Gasteiger partial charge in [-0.05, 0) is 159 Å². The average molecular weight is 1330 g/mol. The molecular formula is C58H99IN14O3S5. The lowest BCUT2D eigenvalue weighted by atomic mass is 9.88. The van der Waals surface area contributed by atoms with Gasteiger partial charge in [0.2, 0.25) is 0 Å². The molecule has 10 aliphatic rings. The van der Waals surface area contributed by atoms with Gasteiger partial charge >= 0.3 is 0 Å². The van der Waals surface area contributed by atoms with Crippen molar-refractivity contribution < 1.29 is 12.6 Å². The summed E-state index contributed by atoms with van der Waals surface area (Å²) in [4.78, 5) is 10.2. The molecule has 0 amide bonds. The highest BCUT2D eigenvalue weighted by atomic mass is 127. The molecule has 5 aliphatic heterocycles. The topological polar surface area (TPSA) is 188 Å². The van der Waals surface area contributed by atoms with Crippen molar-refractivity contribution in [1.29, 1.82) is 0 Å². The van der Waals surface area contributed by atoms with E-state index in [1.807, 2.05) is 28.8 Å². The number of hydrazone groups is 4. The van der Waals surface area contributed by atoms with Crippen LogP contribution < -0.4 is 16.1 Å². The van der Waals surface area contributed by atoms with Crippen molar-refractivity contribution in [3.8, 4) is 0 Å². The number of hydrogen-bond acceptors (Lipinski definition) is 16. The number of thioether (sulfide) groups is 1. The molecule has 0 saturated heterocycles. The van der Waals surface area contributed by atoms with Crippen molar-refractivity contribution in [3.05, 3.63) is 29.8 Å². The molecule has 0 bridgehead atoms. The normalized spacial score (nSPS) is 21.3. The largest absolute Gasteiger partial charge is 0.361 e. The Morgan fingerprint density at radius 1 is 0.679 bits per heavy atom. The van der Waals surface area contributed by atoms with Gasteiger partial charge in [-0.25, -0.2) is 20.0 Å². The van der Waals surface area contributed by atoms with Crippen molar-refractivity contribution >= 4 is 127 Å². The smallest absolute Gasteiger partial charge is 0.296 e. The van der Waals surface area contributed by atoms with E-state index in [-0.39, 0.29) is 12.3 Å². The zero-order valence-electron chi connectivity index (χ0n) is 49.4. The van der Waals surface area contributed by atoms with Gasteiger partial charge in [-0.2, -0.15) is 39.1 Å². The Bertz CT molecular complexity index is 2310. The van der Waals surface area contributed by atoms with Crippen LogP contribution in [0, 0.1) is 34.0 Å². The molecule has 1 aromatic carbocycles. The van der Waals surface area contributed by atoms with E-state index in [9.17, 15) is 8.42 Å². The van der Waals surface area contributed by atoms with E-state index in [2.05, 4.69) is 158 Å². The molecule has 81 heavy (non-hydrogen) atoms. The van der Waals surface area contributed by atoms with Crippen LogP contribution in [0.15, 0.2) is 69.8 Å². The van der Waals surface area contributed by atoms with Crippen LogP contribution >= 0.6 is 71.0 Å². The number of nitrogens with zero attached hydrogens (tertiary/aromatic N) is 11. The molecule has 5 spiro atoms.